The summed E-state index contributed by atoms with van der Waals surface area (Å²) < 4.78 is 27.5. The van der Waals surface area contributed by atoms with Crippen LogP contribution in [0.15, 0.2) is 22.5 Å². The topological polar surface area (TPSA) is 85.1 Å². The zero-order chi connectivity index (χ0) is 14.8. The summed E-state index contributed by atoms with van der Waals surface area (Å²) in [6.45, 7) is 4.26. The molecule has 0 fully saturated rings. The molecule has 20 heavy (non-hydrogen) atoms. The molecule has 2 heterocycles. The Labute approximate surface area is 126 Å². The van der Waals surface area contributed by atoms with Gasteiger partial charge in [0, 0.05) is 16.0 Å². The minimum atomic E-state index is -3.50. The summed E-state index contributed by atoms with van der Waals surface area (Å²) in [4.78, 5) is 6.25. The van der Waals surface area contributed by atoms with E-state index in [0.717, 1.165) is 14.8 Å². The number of aryl methyl sites for hydroxylation is 1. The van der Waals surface area contributed by atoms with Gasteiger partial charge >= 0.3 is 0 Å². The van der Waals surface area contributed by atoms with E-state index < -0.39 is 10.0 Å². The van der Waals surface area contributed by atoms with Crippen LogP contribution in [0.25, 0.3) is 0 Å². The molecule has 1 unspecified atom stereocenters. The summed E-state index contributed by atoms with van der Waals surface area (Å²) in [6.07, 6.45) is 2.44. The van der Waals surface area contributed by atoms with Crippen LogP contribution in [0.4, 0.5) is 0 Å². The van der Waals surface area contributed by atoms with Gasteiger partial charge in [0.25, 0.3) is 10.0 Å². The van der Waals surface area contributed by atoms with Crippen molar-refractivity contribution in [1.82, 2.24) is 9.71 Å². The van der Waals surface area contributed by atoms with E-state index in [0.29, 0.717) is 17.2 Å². The maximum absolute atomic E-state index is 12.3. The molecule has 0 spiro atoms. The molecule has 5 nitrogen and oxygen atoms in total. The standard InChI is InChI=1S/C12H17N3O2S3/c1-8-7-14-12(18-8)9(2)15-20(16,17)11-4-3-10(19-11)5-6-13/h3-4,7,9,15H,5-6,13H2,1-2H3. The predicted molar refractivity (Wildman–Crippen MR) is 82.7 cm³/mol. The van der Waals surface area contributed by atoms with E-state index >= 15 is 0 Å². The predicted octanol–water partition coefficient (Wildman–Crippen LogP) is 2.05. The van der Waals surface area contributed by atoms with Crippen molar-refractivity contribution in [2.75, 3.05) is 6.54 Å². The zero-order valence-electron chi connectivity index (χ0n) is 11.3. The molecule has 2 aromatic rings. The van der Waals surface area contributed by atoms with E-state index in [-0.39, 0.29) is 6.04 Å². The molecule has 0 amide bonds. The zero-order valence-corrected chi connectivity index (χ0v) is 13.7. The van der Waals surface area contributed by atoms with Crippen LogP contribution in [0.2, 0.25) is 0 Å². The Morgan fingerprint density at radius 2 is 2.15 bits per heavy atom. The van der Waals surface area contributed by atoms with Crippen LogP contribution in [0.5, 0.6) is 0 Å². The van der Waals surface area contributed by atoms with Crippen LogP contribution in [-0.4, -0.2) is 19.9 Å². The average Bonchev–Trinajstić information content (AvgIpc) is 2.98. The normalized spacial score (nSPS) is 13.6. The second kappa shape index (κ2) is 6.31. The molecule has 2 rings (SSSR count). The third-order valence-electron chi connectivity index (χ3n) is 2.63. The van der Waals surface area contributed by atoms with Gasteiger partial charge in [-0.1, -0.05) is 0 Å². The molecular weight excluding hydrogens is 314 g/mol. The van der Waals surface area contributed by atoms with Gasteiger partial charge in [-0.2, -0.15) is 0 Å². The first kappa shape index (κ1) is 15.6. The fourth-order valence-corrected chi connectivity index (χ4v) is 5.14. The molecule has 0 aliphatic carbocycles. The lowest BCUT2D eigenvalue weighted by Gasteiger charge is -2.10. The third kappa shape index (κ3) is 3.64. The number of hydrogen-bond acceptors (Lipinski definition) is 6. The van der Waals surface area contributed by atoms with Gasteiger partial charge in [0.1, 0.15) is 9.22 Å². The summed E-state index contributed by atoms with van der Waals surface area (Å²) in [6, 6.07) is 3.10. The van der Waals surface area contributed by atoms with Gasteiger partial charge in [0.2, 0.25) is 0 Å². The maximum atomic E-state index is 12.3. The van der Waals surface area contributed by atoms with E-state index in [2.05, 4.69) is 9.71 Å². The molecule has 0 aliphatic heterocycles. The first-order valence-corrected chi connectivity index (χ1v) is 9.27. The number of nitrogens with one attached hydrogen (secondary N) is 1. The Kier molecular flexibility index (Phi) is 4.92. The van der Waals surface area contributed by atoms with Crippen molar-refractivity contribution < 1.29 is 8.42 Å². The smallest absolute Gasteiger partial charge is 0.250 e. The van der Waals surface area contributed by atoms with Crippen molar-refractivity contribution >= 4 is 32.7 Å². The largest absolute Gasteiger partial charge is 0.330 e. The average molecular weight is 331 g/mol. The van der Waals surface area contributed by atoms with Crippen LogP contribution in [0, 0.1) is 6.92 Å². The van der Waals surface area contributed by atoms with Gasteiger partial charge in [0.15, 0.2) is 0 Å². The highest BCUT2D eigenvalue weighted by molar-refractivity contribution is 7.91. The van der Waals surface area contributed by atoms with Crippen molar-refractivity contribution in [3.05, 3.63) is 33.1 Å². The summed E-state index contributed by atoms with van der Waals surface area (Å²) in [7, 11) is -3.50. The van der Waals surface area contributed by atoms with Crippen LogP contribution < -0.4 is 10.5 Å². The number of nitrogens with two attached hydrogens (primary N) is 1. The van der Waals surface area contributed by atoms with Crippen molar-refractivity contribution in [3.8, 4) is 0 Å². The monoisotopic (exact) mass is 331 g/mol. The van der Waals surface area contributed by atoms with Crippen LogP contribution in [0.1, 0.15) is 27.7 Å². The van der Waals surface area contributed by atoms with E-state index in [1.54, 1.807) is 19.2 Å². The third-order valence-corrected chi connectivity index (χ3v) is 6.91. The molecule has 8 heteroatoms. The summed E-state index contributed by atoms with van der Waals surface area (Å²) in [5.41, 5.74) is 5.47. The van der Waals surface area contributed by atoms with Gasteiger partial charge in [-0.25, -0.2) is 18.1 Å². The number of thiazole rings is 1. The number of hydrogen-bond donors (Lipinski definition) is 2. The quantitative estimate of drug-likeness (QED) is 0.848. The van der Waals surface area contributed by atoms with Gasteiger partial charge in [-0.05, 0) is 38.9 Å². The fraction of sp³-hybridized carbons (Fsp3) is 0.417. The molecule has 0 radical (unpaired) electrons. The summed E-state index contributed by atoms with van der Waals surface area (Å²) in [5, 5.41) is 0.768. The van der Waals surface area contributed by atoms with Crippen LogP contribution >= 0.6 is 22.7 Å². The fourth-order valence-electron chi connectivity index (χ4n) is 1.69. The lowest BCUT2D eigenvalue weighted by Crippen LogP contribution is -2.26. The number of nitrogens with zero attached hydrogens (tertiary/aromatic N) is 1. The number of rotatable bonds is 6. The molecule has 0 saturated carbocycles. The molecule has 3 N–H and O–H groups in total. The first-order chi connectivity index (χ1) is 9.42. The Morgan fingerprint density at radius 3 is 2.75 bits per heavy atom. The summed E-state index contributed by atoms with van der Waals surface area (Å²) in [5.74, 6) is 0. The van der Waals surface area contributed by atoms with E-state index in [1.165, 1.54) is 22.7 Å². The molecule has 0 aromatic carbocycles. The van der Waals surface area contributed by atoms with E-state index in [1.807, 2.05) is 13.0 Å². The van der Waals surface area contributed by atoms with Crippen LogP contribution in [-0.2, 0) is 16.4 Å². The SMILES string of the molecule is Cc1cnc(C(C)NS(=O)(=O)c2ccc(CCN)s2)s1. The highest BCUT2D eigenvalue weighted by atomic mass is 32.2. The second-order valence-electron chi connectivity index (χ2n) is 4.41. The maximum Gasteiger partial charge on any atom is 0.250 e. The molecule has 0 saturated heterocycles. The number of thiophene rings is 1. The lowest BCUT2D eigenvalue weighted by atomic mass is 10.3. The van der Waals surface area contributed by atoms with Crippen molar-refractivity contribution in [2.45, 2.75) is 30.5 Å². The Morgan fingerprint density at radius 1 is 1.40 bits per heavy atom. The van der Waals surface area contributed by atoms with E-state index in [9.17, 15) is 8.42 Å². The van der Waals surface area contributed by atoms with Gasteiger partial charge in [0.05, 0.1) is 6.04 Å². The lowest BCUT2D eigenvalue weighted by molar-refractivity contribution is 0.568. The van der Waals surface area contributed by atoms with Gasteiger partial charge in [-0.3, -0.25) is 0 Å². The second-order valence-corrected chi connectivity index (χ2v) is 8.79. The Balaban J connectivity index is 2.13. The molecule has 110 valence electrons. The Hall–Kier alpha value is -0.800. The molecule has 1 atom stereocenters. The molecular formula is C12H17N3O2S3. The minimum Gasteiger partial charge on any atom is -0.330 e. The molecule has 0 bridgehead atoms. The van der Waals surface area contributed by atoms with Crippen molar-refractivity contribution in [3.63, 3.8) is 0 Å². The number of aromatic nitrogens is 1. The van der Waals surface area contributed by atoms with Gasteiger partial charge in [-0.15, -0.1) is 22.7 Å². The Bertz CT molecular complexity index is 676. The van der Waals surface area contributed by atoms with Crippen LogP contribution in [0.3, 0.4) is 0 Å². The van der Waals surface area contributed by atoms with Crippen molar-refractivity contribution in [2.24, 2.45) is 5.73 Å². The molecule has 0 aliphatic rings. The highest BCUT2D eigenvalue weighted by Crippen LogP contribution is 2.25. The number of sulfonamides is 1. The van der Waals surface area contributed by atoms with Gasteiger partial charge < -0.3 is 5.73 Å². The van der Waals surface area contributed by atoms with Crippen molar-refractivity contribution in [1.29, 1.82) is 0 Å². The first-order valence-electron chi connectivity index (χ1n) is 6.16. The summed E-state index contributed by atoms with van der Waals surface area (Å²) >= 11 is 2.75. The minimum absolute atomic E-state index is 0.320. The van der Waals surface area contributed by atoms with E-state index in [4.69, 9.17) is 5.73 Å². The molecule has 2 aromatic heterocycles. The highest BCUT2D eigenvalue weighted by Gasteiger charge is 2.21.